The van der Waals surface area contributed by atoms with Gasteiger partial charge in [-0.1, -0.05) is 22.0 Å². The van der Waals surface area contributed by atoms with Gasteiger partial charge in [-0.25, -0.2) is 4.79 Å². The molecule has 0 radical (unpaired) electrons. The number of rotatable bonds is 6. The molecule has 2 rings (SSSR count). The third-order valence-electron chi connectivity index (χ3n) is 3.07. The number of ether oxygens (including phenoxy) is 2. The number of amides is 2. The first-order valence-corrected chi connectivity index (χ1v) is 7.95. The average molecular weight is 379 g/mol. The fourth-order valence-electron chi connectivity index (χ4n) is 1.93. The molecule has 2 amide bonds. The van der Waals surface area contributed by atoms with E-state index in [9.17, 15) is 4.79 Å². The fourth-order valence-corrected chi connectivity index (χ4v) is 2.19. The normalized spacial score (nSPS) is 10.0. The average Bonchev–Trinajstić information content (AvgIpc) is 2.54. The molecule has 0 spiro atoms. The summed E-state index contributed by atoms with van der Waals surface area (Å²) < 4.78 is 11.9. The number of urea groups is 1. The van der Waals surface area contributed by atoms with Crippen molar-refractivity contribution in [2.45, 2.75) is 6.92 Å². The van der Waals surface area contributed by atoms with Crippen molar-refractivity contribution in [2.24, 2.45) is 0 Å². The van der Waals surface area contributed by atoms with Gasteiger partial charge in [-0.15, -0.1) is 0 Å². The van der Waals surface area contributed by atoms with Gasteiger partial charge in [0.15, 0.2) is 11.5 Å². The van der Waals surface area contributed by atoms with E-state index in [2.05, 4.69) is 26.6 Å². The van der Waals surface area contributed by atoms with Crippen LogP contribution in [-0.2, 0) is 0 Å². The van der Waals surface area contributed by atoms with Gasteiger partial charge >= 0.3 is 6.03 Å². The minimum atomic E-state index is -0.271. The van der Waals surface area contributed by atoms with Crippen molar-refractivity contribution < 1.29 is 14.3 Å². The lowest BCUT2D eigenvalue weighted by atomic mass is 10.2. The van der Waals surface area contributed by atoms with E-state index in [-0.39, 0.29) is 6.03 Å². The van der Waals surface area contributed by atoms with Crippen molar-refractivity contribution in [2.75, 3.05) is 25.6 Å². The van der Waals surface area contributed by atoms with Crippen LogP contribution in [-0.4, -0.2) is 26.3 Å². The van der Waals surface area contributed by atoms with Crippen LogP contribution >= 0.6 is 15.9 Å². The molecule has 0 heterocycles. The maximum absolute atomic E-state index is 11.8. The molecule has 0 bridgehead atoms. The Bertz CT molecular complexity index is 659. The predicted octanol–water partition coefficient (Wildman–Crippen LogP) is 3.97. The van der Waals surface area contributed by atoms with E-state index in [1.54, 1.807) is 7.11 Å². The van der Waals surface area contributed by atoms with Gasteiger partial charge < -0.3 is 20.1 Å². The van der Waals surface area contributed by atoms with Crippen molar-refractivity contribution in [3.8, 4) is 11.5 Å². The van der Waals surface area contributed by atoms with E-state index >= 15 is 0 Å². The molecule has 0 aromatic heterocycles. The van der Waals surface area contributed by atoms with Gasteiger partial charge in [-0.3, -0.25) is 0 Å². The Morgan fingerprint density at radius 3 is 2.57 bits per heavy atom. The quantitative estimate of drug-likeness (QED) is 0.747. The summed E-state index contributed by atoms with van der Waals surface area (Å²) >= 11 is 3.35. The van der Waals surface area contributed by atoms with E-state index in [1.807, 2.05) is 49.4 Å². The van der Waals surface area contributed by atoms with Gasteiger partial charge in [-0.05, 0) is 48.9 Å². The molecule has 5 nitrogen and oxygen atoms in total. The number of benzene rings is 2. The highest BCUT2D eigenvalue weighted by molar-refractivity contribution is 9.10. The molecule has 0 saturated carbocycles. The van der Waals surface area contributed by atoms with Crippen LogP contribution in [0.5, 0.6) is 11.5 Å². The van der Waals surface area contributed by atoms with Crippen LogP contribution in [0.1, 0.15) is 5.56 Å². The smallest absolute Gasteiger partial charge is 0.319 e. The maximum Gasteiger partial charge on any atom is 0.319 e. The molecule has 0 fully saturated rings. The number of carbonyl (C=O) groups excluding carboxylic acids is 1. The SMILES string of the molecule is COc1cc(C)ccc1OCCNC(=O)Nc1ccc(Br)cc1. The first-order valence-electron chi connectivity index (χ1n) is 7.16. The van der Waals surface area contributed by atoms with Gasteiger partial charge in [0.2, 0.25) is 0 Å². The van der Waals surface area contributed by atoms with Gasteiger partial charge in [0.05, 0.1) is 13.7 Å². The molecule has 2 N–H and O–H groups in total. The number of aryl methyl sites for hydroxylation is 1. The van der Waals surface area contributed by atoms with E-state index in [4.69, 9.17) is 9.47 Å². The van der Waals surface area contributed by atoms with Crippen molar-refractivity contribution >= 4 is 27.6 Å². The lowest BCUT2D eigenvalue weighted by Gasteiger charge is -2.12. The lowest BCUT2D eigenvalue weighted by Crippen LogP contribution is -2.32. The van der Waals surface area contributed by atoms with E-state index in [0.717, 1.165) is 15.7 Å². The Kier molecular flexibility index (Phi) is 6.29. The number of carbonyl (C=O) groups is 1. The Labute approximate surface area is 144 Å². The Morgan fingerprint density at radius 2 is 1.87 bits per heavy atom. The number of nitrogens with one attached hydrogen (secondary N) is 2. The van der Waals surface area contributed by atoms with Crippen LogP contribution in [0.25, 0.3) is 0 Å². The molecule has 0 saturated heterocycles. The molecule has 0 aliphatic carbocycles. The van der Waals surface area contributed by atoms with Gasteiger partial charge in [0.25, 0.3) is 0 Å². The molecule has 6 heteroatoms. The Morgan fingerprint density at radius 1 is 1.13 bits per heavy atom. The minimum Gasteiger partial charge on any atom is -0.493 e. The molecule has 23 heavy (non-hydrogen) atoms. The molecule has 0 aliphatic heterocycles. The van der Waals surface area contributed by atoms with Crippen LogP contribution in [0.4, 0.5) is 10.5 Å². The van der Waals surface area contributed by atoms with Crippen molar-refractivity contribution in [1.29, 1.82) is 0 Å². The first-order chi connectivity index (χ1) is 11.1. The number of hydrogen-bond donors (Lipinski definition) is 2. The molecule has 0 aliphatic rings. The largest absolute Gasteiger partial charge is 0.493 e. The van der Waals surface area contributed by atoms with Crippen molar-refractivity contribution in [1.82, 2.24) is 5.32 Å². The number of hydrogen-bond acceptors (Lipinski definition) is 3. The predicted molar refractivity (Wildman–Crippen MR) is 94.4 cm³/mol. The Hall–Kier alpha value is -2.21. The second kappa shape index (κ2) is 8.43. The van der Waals surface area contributed by atoms with E-state index in [0.29, 0.717) is 24.7 Å². The fraction of sp³-hybridized carbons (Fsp3) is 0.235. The summed E-state index contributed by atoms with van der Waals surface area (Å²) in [7, 11) is 1.60. The maximum atomic E-state index is 11.8. The molecular weight excluding hydrogens is 360 g/mol. The van der Waals surface area contributed by atoms with E-state index in [1.165, 1.54) is 0 Å². The van der Waals surface area contributed by atoms with Gasteiger partial charge in [0, 0.05) is 10.2 Å². The summed E-state index contributed by atoms with van der Waals surface area (Å²) in [5.74, 6) is 1.34. The second-order valence-electron chi connectivity index (χ2n) is 4.89. The van der Waals surface area contributed by atoms with Crippen molar-refractivity contribution in [3.63, 3.8) is 0 Å². The van der Waals surface area contributed by atoms with Crippen LogP contribution in [0.15, 0.2) is 46.9 Å². The topological polar surface area (TPSA) is 59.6 Å². The third-order valence-corrected chi connectivity index (χ3v) is 3.60. The summed E-state index contributed by atoms with van der Waals surface area (Å²) in [6.45, 7) is 2.73. The van der Waals surface area contributed by atoms with Crippen molar-refractivity contribution in [3.05, 3.63) is 52.5 Å². The number of anilines is 1. The molecule has 2 aromatic carbocycles. The highest BCUT2D eigenvalue weighted by Crippen LogP contribution is 2.27. The molecule has 122 valence electrons. The summed E-state index contributed by atoms with van der Waals surface area (Å²) in [5.41, 5.74) is 1.83. The summed E-state index contributed by atoms with van der Waals surface area (Å²) in [4.78, 5) is 11.8. The Balaban J connectivity index is 1.74. The first kappa shape index (κ1) is 17.1. The van der Waals surface area contributed by atoms with Crippen LogP contribution in [0, 0.1) is 6.92 Å². The molecular formula is C17H19BrN2O3. The number of halogens is 1. The highest BCUT2D eigenvalue weighted by Gasteiger charge is 2.05. The zero-order valence-corrected chi connectivity index (χ0v) is 14.6. The second-order valence-corrected chi connectivity index (χ2v) is 5.81. The summed E-state index contributed by atoms with van der Waals surface area (Å²) in [6, 6.07) is 12.8. The minimum absolute atomic E-state index is 0.271. The molecule has 2 aromatic rings. The number of methoxy groups -OCH3 is 1. The zero-order valence-electron chi connectivity index (χ0n) is 13.1. The standard InChI is InChI=1S/C17H19BrN2O3/c1-12-3-8-15(16(11-12)22-2)23-10-9-19-17(21)20-14-6-4-13(18)5-7-14/h3-8,11H,9-10H2,1-2H3,(H2,19,20,21). The van der Waals surface area contributed by atoms with Gasteiger partial charge in [-0.2, -0.15) is 0 Å². The molecule has 0 unspecified atom stereocenters. The monoisotopic (exact) mass is 378 g/mol. The van der Waals surface area contributed by atoms with E-state index < -0.39 is 0 Å². The van der Waals surface area contributed by atoms with Crippen LogP contribution in [0.3, 0.4) is 0 Å². The zero-order chi connectivity index (χ0) is 16.7. The summed E-state index contributed by atoms with van der Waals surface area (Å²) in [5, 5.41) is 5.48. The van der Waals surface area contributed by atoms with Crippen LogP contribution in [0.2, 0.25) is 0 Å². The third kappa shape index (κ3) is 5.49. The summed E-state index contributed by atoms with van der Waals surface area (Å²) in [6.07, 6.45) is 0. The van der Waals surface area contributed by atoms with Crippen LogP contribution < -0.4 is 20.1 Å². The lowest BCUT2D eigenvalue weighted by molar-refractivity contribution is 0.246. The van der Waals surface area contributed by atoms with Gasteiger partial charge in [0.1, 0.15) is 6.61 Å². The molecule has 0 atom stereocenters. The highest BCUT2D eigenvalue weighted by atomic mass is 79.9.